The molecule has 2 N–H and O–H groups in total. The number of aliphatic imine (C=N–C) groups is 1. The van der Waals surface area contributed by atoms with Crippen LogP contribution in [0.1, 0.15) is 65.7 Å². The fraction of sp³-hybridized carbons (Fsp3) is 0.250. The minimum atomic E-state index is -0.732. The second-order valence-corrected chi connectivity index (χ2v) is 9.90. The molecule has 2 aliphatic rings. The first-order valence-corrected chi connectivity index (χ1v) is 11.6. The zero-order valence-corrected chi connectivity index (χ0v) is 19.7. The Hall–Kier alpha value is -3.64. The first kappa shape index (κ1) is 22.2. The molecule has 2 unspecified atom stereocenters. The van der Waals surface area contributed by atoms with Crippen LogP contribution < -0.4 is 5.32 Å². The summed E-state index contributed by atoms with van der Waals surface area (Å²) in [6, 6.07) is 21.4. The average Bonchev–Trinajstić information content (AvgIpc) is 3.26. The van der Waals surface area contributed by atoms with E-state index < -0.39 is 5.60 Å². The van der Waals surface area contributed by atoms with E-state index in [-0.39, 0.29) is 12.1 Å². The third-order valence-corrected chi connectivity index (χ3v) is 6.76. The molecule has 0 aromatic heterocycles. The lowest BCUT2D eigenvalue weighted by atomic mass is 9.79. The summed E-state index contributed by atoms with van der Waals surface area (Å²) < 4.78 is 0. The highest BCUT2D eigenvalue weighted by atomic mass is 35.5. The van der Waals surface area contributed by atoms with Crippen LogP contribution in [0.2, 0.25) is 5.02 Å². The molecule has 0 fully saturated rings. The molecule has 3 aromatic rings. The monoisotopic (exact) mass is 466 g/mol. The van der Waals surface area contributed by atoms with Crippen molar-refractivity contribution in [3.05, 3.63) is 93.0 Å². The Kier molecular flexibility index (Phi) is 5.41. The number of fused-ring (bicyclic) bond motifs is 6. The number of amidine groups is 1. The Balaban J connectivity index is 1.63. The fourth-order valence-electron chi connectivity index (χ4n) is 4.84. The molecule has 34 heavy (non-hydrogen) atoms. The van der Waals surface area contributed by atoms with E-state index in [9.17, 15) is 15.6 Å². The molecule has 168 valence electrons. The van der Waals surface area contributed by atoms with Crippen LogP contribution in [0.3, 0.4) is 0 Å². The summed E-state index contributed by atoms with van der Waals surface area (Å²) in [5, 5.41) is 33.7. The molecule has 2 atom stereocenters. The van der Waals surface area contributed by atoms with Gasteiger partial charge in [0.05, 0.1) is 40.5 Å². The Morgan fingerprint density at radius 3 is 2.35 bits per heavy atom. The minimum Gasteiger partial charge on any atom is -0.390 e. The first-order valence-electron chi connectivity index (χ1n) is 11.2. The summed E-state index contributed by atoms with van der Waals surface area (Å²) in [7, 11) is 0. The molecule has 0 saturated heterocycles. The van der Waals surface area contributed by atoms with E-state index in [1.807, 2.05) is 32.0 Å². The van der Waals surface area contributed by atoms with E-state index in [0.717, 1.165) is 34.2 Å². The standard InChI is InChI=1S/C28H23ClN4O/c1-28(2,34)11-10-16-6-8-20-22(12-16)23-13-19(29)7-9-21(23)26-25(20)32-27(33-26)24-17(14-30)4-3-5-18(24)15-31/h3-9,12-13,25-26,34H,10-11H2,1-2H3,(H,32,33). The van der Waals surface area contributed by atoms with Crippen LogP contribution in [0.15, 0.2) is 59.6 Å². The molecule has 1 heterocycles. The number of aryl methyl sites for hydroxylation is 1. The average molecular weight is 467 g/mol. The van der Waals surface area contributed by atoms with Gasteiger partial charge in [0.15, 0.2) is 0 Å². The molecule has 5 rings (SSSR count). The molecule has 0 radical (unpaired) electrons. The van der Waals surface area contributed by atoms with Gasteiger partial charge in [-0.1, -0.05) is 41.9 Å². The van der Waals surface area contributed by atoms with Gasteiger partial charge in [-0.3, -0.25) is 4.99 Å². The van der Waals surface area contributed by atoms with Crippen LogP contribution in [0.4, 0.5) is 0 Å². The smallest absolute Gasteiger partial charge is 0.132 e. The van der Waals surface area contributed by atoms with Crippen molar-refractivity contribution in [2.75, 3.05) is 0 Å². The molecule has 3 aromatic carbocycles. The van der Waals surface area contributed by atoms with Crippen molar-refractivity contribution in [3.63, 3.8) is 0 Å². The zero-order valence-electron chi connectivity index (χ0n) is 18.9. The van der Waals surface area contributed by atoms with Crippen LogP contribution in [0.25, 0.3) is 11.1 Å². The highest BCUT2D eigenvalue weighted by molar-refractivity contribution is 6.31. The molecule has 0 bridgehead atoms. The van der Waals surface area contributed by atoms with Crippen molar-refractivity contribution >= 4 is 17.4 Å². The molecule has 0 amide bonds. The zero-order chi connectivity index (χ0) is 24.0. The quantitative estimate of drug-likeness (QED) is 0.523. The lowest BCUT2D eigenvalue weighted by molar-refractivity contribution is 0.0714. The van der Waals surface area contributed by atoms with Gasteiger partial charge in [0.25, 0.3) is 0 Å². The van der Waals surface area contributed by atoms with Gasteiger partial charge in [-0.25, -0.2) is 0 Å². The molecule has 0 spiro atoms. The van der Waals surface area contributed by atoms with Crippen LogP contribution in [-0.4, -0.2) is 16.5 Å². The Bertz CT molecular complexity index is 1390. The van der Waals surface area contributed by atoms with Crippen molar-refractivity contribution in [3.8, 4) is 23.3 Å². The molecular weight excluding hydrogens is 444 g/mol. The summed E-state index contributed by atoms with van der Waals surface area (Å²) in [4.78, 5) is 4.99. The Labute approximate surface area is 204 Å². The van der Waals surface area contributed by atoms with E-state index in [2.05, 4.69) is 35.7 Å². The summed E-state index contributed by atoms with van der Waals surface area (Å²) >= 11 is 6.39. The molecule has 1 aliphatic heterocycles. The number of halogens is 1. The van der Waals surface area contributed by atoms with Crippen LogP contribution in [0.5, 0.6) is 0 Å². The van der Waals surface area contributed by atoms with Gasteiger partial charge in [0.2, 0.25) is 0 Å². The topological polar surface area (TPSA) is 92.2 Å². The maximum Gasteiger partial charge on any atom is 0.132 e. The van der Waals surface area contributed by atoms with Gasteiger partial charge in [-0.15, -0.1) is 0 Å². The number of hydrogen-bond acceptors (Lipinski definition) is 5. The number of nitrogens with one attached hydrogen (secondary N) is 1. The molecular formula is C28H23ClN4O. The maximum absolute atomic E-state index is 10.2. The van der Waals surface area contributed by atoms with Gasteiger partial charge in [0.1, 0.15) is 11.9 Å². The predicted octanol–water partition coefficient (Wildman–Crippen LogP) is 5.60. The van der Waals surface area contributed by atoms with E-state index in [1.165, 1.54) is 0 Å². The van der Waals surface area contributed by atoms with E-state index >= 15 is 0 Å². The van der Waals surface area contributed by atoms with Crippen LogP contribution >= 0.6 is 11.6 Å². The molecule has 1 aliphatic carbocycles. The molecule has 5 nitrogen and oxygen atoms in total. The first-order chi connectivity index (χ1) is 16.3. The summed E-state index contributed by atoms with van der Waals surface area (Å²) in [6.07, 6.45) is 1.42. The van der Waals surface area contributed by atoms with Gasteiger partial charge in [-0.05, 0) is 78.8 Å². The normalized spacial score (nSPS) is 18.0. The third-order valence-electron chi connectivity index (χ3n) is 6.52. The summed E-state index contributed by atoms with van der Waals surface area (Å²) in [5.41, 5.74) is 6.07. The fourth-order valence-corrected chi connectivity index (χ4v) is 5.01. The van der Waals surface area contributed by atoms with Crippen molar-refractivity contribution in [2.24, 2.45) is 4.99 Å². The molecule has 6 heteroatoms. The maximum atomic E-state index is 10.2. The minimum absolute atomic E-state index is 0.125. The van der Waals surface area contributed by atoms with E-state index in [1.54, 1.807) is 18.2 Å². The second-order valence-electron chi connectivity index (χ2n) is 9.46. The van der Waals surface area contributed by atoms with Crippen LogP contribution in [0, 0.1) is 22.7 Å². The Morgan fingerprint density at radius 1 is 1.00 bits per heavy atom. The van der Waals surface area contributed by atoms with Crippen molar-refractivity contribution in [2.45, 2.75) is 44.4 Å². The lowest BCUT2D eigenvalue weighted by Crippen LogP contribution is -2.28. The van der Waals surface area contributed by atoms with Crippen LogP contribution in [-0.2, 0) is 6.42 Å². The highest BCUT2D eigenvalue weighted by Crippen LogP contribution is 2.50. The summed E-state index contributed by atoms with van der Waals surface area (Å²) in [5.74, 6) is 0.559. The van der Waals surface area contributed by atoms with Gasteiger partial charge in [0, 0.05) is 5.02 Å². The second kappa shape index (κ2) is 8.29. The van der Waals surface area contributed by atoms with Gasteiger partial charge < -0.3 is 10.4 Å². The van der Waals surface area contributed by atoms with Crippen molar-refractivity contribution in [1.82, 2.24) is 5.32 Å². The largest absolute Gasteiger partial charge is 0.390 e. The third kappa shape index (κ3) is 3.84. The van der Waals surface area contributed by atoms with Crippen molar-refractivity contribution in [1.29, 1.82) is 10.5 Å². The Morgan fingerprint density at radius 2 is 1.68 bits per heavy atom. The number of nitriles is 2. The van der Waals surface area contributed by atoms with Crippen molar-refractivity contribution < 1.29 is 5.11 Å². The number of rotatable bonds is 4. The predicted molar refractivity (Wildman–Crippen MR) is 133 cm³/mol. The van der Waals surface area contributed by atoms with E-state index in [0.29, 0.717) is 34.0 Å². The number of benzene rings is 3. The SMILES string of the molecule is CC(C)(O)CCc1ccc2c(c1)-c1cc(Cl)ccc1C1N=C(c3c(C#N)cccc3C#N)NC21. The molecule has 0 saturated carbocycles. The lowest BCUT2D eigenvalue weighted by Gasteiger charge is -2.30. The van der Waals surface area contributed by atoms with Gasteiger partial charge >= 0.3 is 0 Å². The number of aliphatic hydroxyl groups is 1. The summed E-state index contributed by atoms with van der Waals surface area (Å²) in [6.45, 7) is 3.64. The highest BCUT2D eigenvalue weighted by Gasteiger charge is 2.39. The number of nitrogens with zero attached hydrogens (tertiary/aromatic N) is 3. The number of hydrogen-bond donors (Lipinski definition) is 2. The van der Waals surface area contributed by atoms with Gasteiger partial charge in [-0.2, -0.15) is 10.5 Å². The van der Waals surface area contributed by atoms with E-state index in [4.69, 9.17) is 16.6 Å².